The van der Waals surface area contributed by atoms with Crippen molar-refractivity contribution in [2.75, 3.05) is 32.1 Å². The van der Waals surface area contributed by atoms with E-state index >= 15 is 0 Å². The maximum Gasteiger partial charge on any atom is 0.189 e. The first-order valence-electron chi connectivity index (χ1n) is 6.08. The van der Waals surface area contributed by atoms with Gasteiger partial charge in [0.25, 0.3) is 0 Å². The van der Waals surface area contributed by atoms with Crippen LogP contribution in [-0.4, -0.2) is 54.1 Å². The summed E-state index contributed by atoms with van der Waals surface area (Å²) in [7, 11) is 4.27. The number of rotatable bonds is 3. The summed E-state index contributed by atoms with van der Waals surface area (Å²) in [6, 6.07) is 0. The maximum atomic E-state index is 5.91. The largest absolute Gasteiger partial charge is 0.370 e. The quantitative estimate of drug-likeness (QED) is 0.588. The molecule has 0 amide bonds. The average molecular weight is 258 g/mol. The molecule has 3 N–H and O–H groups in total. The SMILES string of the molecule is CN(C)C1(CN=C(N)NC(C)(C)C)CCSC1. The lowest BCUT2D eigenvalue weighted by atomic mass is 9.98. The van der Waals surface area contributed by atoms with Crippen molar-refractivity contribution in [3.05, 3.63) is 0 Å². The number of nitrogens with one attached hydrogen (secondary N) is 1. The van der Waals surface area contributed by atoms with Crippen molar-refractivity contribution in [2.45, 2.75) is 38.3 Å². The van der Waals surface area contributed by atoms with Crippen LogP contribution in [-0.2, 0) is 0 Å². The lowest BCUT2D eigenvalue weighted by Crippen LogP contribution is -2.49. The fraction of sp³-hybridized carbons (Fsp3) is 0.917. The van der Waals surface area contributed by atoms with Gasteiger partial charge in [0.2, 0.25) is 0 Å². The van der Waals surface area contributed by atoms with E-state index in [1.54, 1.807) is 0 Å². The second kappa shape index (κ2) is 5.48. The van der Waals surface area contributed by atoms with Gasteiger partial charge in [-0.1, -0.05) is 0 Å². The Kier molecular flexibility index (Phi) is 4.72. The summed E-state index contributed by atoms with van der Waals surface area (Å²) < 4.78 is 0. The van der Waals surface area contributed by atoms with E-state index in [4.69, 9.17) is 5.73 Å². The van der Waals surface area contributed by atoms with E-state index < -0.39 is 0 Å². The van der Waals surface area contributed by atoms with Crippen LogP contribution in [0.15, 0.2) is 4.99 Å². The molecule has 1 aliphatic rings. The van der Waals surface area contributed by atoms with Crippen LogP contribution < -0.4 is 11.1 Å². The van der Waals surface area contributed by atoms with E-state index in [2.05, 4.69) is 50.1 Å². The van der Waals surface area contributed by atoms with Crippen LogP contribution in [0.25, 0.3) is 0 Å². The van der Waals surface area contributed by atoms with Gasteiger partial charge in [-0.05, 0) is 47.0 Å². The van der Waals surface area contributed by atoms with Crippen LogP contribution in [0.5, 0.6) is 0 Å². The fourth-order valence-corrected chi connectivity index (χ4v) is 3.41. The van der Waals surface area contributed by atoms with Crippen molar-refractivity contribution >= 4 is 17.7 Å². The average Bonchev–Trinajstić information content (AvgIpc) is 2.61. The molecule has 1 unspecified atom stereocenters. The smallest absolute Gasteiger partial charge is 0.189 e. The molecular formula is C12H26N4S. The molecule has 0 saturated carbocycles. The molecule has 0 bridgehead atoms. The molecule has 0 aromatic rings. The molecule has 0 aromatic heterocycles. The van der Waals surface area contributed by atoms with Crippen LogP contribution in [0, 0.1) is 0 Å². The molecule has 1 fully saturated rings. The molecule has 0 aliphatic carbocycles. The van der Waals surface area contributed by atoms with Crippen molar-refractivity contribution in [3.8, 4) is 0 Å². The van der Waals surface area contributed by atoms with Crippen LogP contribution >= 0.6 is 11.8 Å². The predicted molar refractivity (Wildman–Crippen MR) is 77.7 cm³/mol. The molecule has 1 saturated heterocycles. The van der Waals surface area contributed by atoms with Crippen molar-refractivity contribution < 1.29 is 0 Å². The predicted octanol–water partition coefficient (Wildman–Crippen LogP) is 1.13. The van der Waals surface area contributed by atoms with E-state index in [-0.39, 0.29) is 11.1 Å². The summed E-state index contributed by atoms with van der Waals surface area (Å²) >= 11 is 2.00. The molecule has 100 valence electrons. The zero-order valence-corrected chi connectivity index (χ0v) is 12.5. The standard InChI is InChI=1S/C12H26N4S/c1-11(2,3)15-10(13)14-8-12(16(4)5)6-7-17-9-12/h6-9H2,1-5H3,(H3,13,14,15). The number of aliphatic imine (C=N–C) groups is 1. The van der Waals surface area contributed by atoms with E-state index in [0.29, 0.717) is 5.96 Å². The molecule has 1 rings (SSSR count). The van der Waals surface area contributed by atoms with Gasteiger partial charge in [0, 0.05) is 16.8 Å². The van der Waals surface area contributed by atoms with Gasteiger partial charge in [0.05, 0.1) is 6.54 Å². The van der Waals surface area contributed by atoms with Crippen LogP contribution in [0.3, 0.4) is 0 Å². The van der Waals surface area contributed by atoms with Crippen molar-refractivity contribution in [2.24, 2.45) is 10.7 Å². The molecular weight excluding hydrogens is 232 g/mol. The number of nitrogens with two attached hydrogens (primary N) is 1. The third-order valence-electron chi connectivity index (χ3n) is 3.08. The van der Waals surface area contributed by atoms with E-state index in [9.17, 15) is 0 Å². The van der Waals surface area contributed by atoms with Crippen LogP contribution in [0.2, 0.25) is 0 Å². The second-order valence-corrected chi connectivity index (χ2v) is 7.10. The first-order chi connectivity index (χ1) is 7.75. The first-order valence-corrected chi connectivity index (χ1v) is 7.24. The summed E-state index contributed by atoms with van der Waals surface area (Å²) in [4.78, 5) is 6.81. The normalized spacial score (nSPS) is 26.6. The highest BCUT2D eigenvalue weighted by atomic mass is 32.2. The Labute approximate surface area is 109 Å². The van der Waals surface area contributed by atoms with Crippen molar-refractivity contribution in [1.29, 1.82) is 0 Å². The summed E-state index contributed by atoms with van der Waals surface area (Å²) in [5.41, 5.74) is 6.08. The highest BCUT2D eigenvalue weighted by Crippen LogP contribution is 2.32. The minimum atomic E-state index is -0.0245. The number of nitrogens with zero attached hydrogens (tertiary/aromatic N) is 2. The minimum Gasteiger partial charge on any atom is -0.370 e. The molecule has 1 atom stereocenters. The highest BCUT2D eigenvalue weighted by molar-refractivity contribution is 7.99. The number of likely N-dealkylation sites (N-methyl/N-ethyl adjacent to an activating group) is 1. The lowest BCUT2D eigenvalue weighted by molar-refractivity contribution is 0.190. The van der Waals surface area contributed by atoms with Gasteiger partial charge in [-0.3, -0.25) is 4.99 Å². The van der Waals surface area contributed by atoms with Gasteiger partial charge in [-0.2, -0.15) is 11.8 Å². The Morgan fingerprint density at radius 3 is 2.53 bits per heavy atom. The molecule has 1 aliphatic heterocycles. The number of guanidine groups is 1. The summed E-state index contributed by atoms with van der Waals surface area (Å²) in [6.07, 6.45) is 1.19. The Morgan fingerprint density at radius 2 is 2.12 bits per heavy atom. The molecule has 17 heavy (non-hydrogen) atoms. The topological polar surface area (TPSA) is 53.6 Å². The zero-order chi connectivity index (χ0) is 13.1. The van der Waals surface area contributed by atoms with E-state index in [0.717, 1.165) is 12.3 Å². The summed E-state index contributed by atoms with van der Waals surface area (Å²) in [5.74, 6) is 2.92. The van der Waals surface area contributed by atoms with E-state index in [1.807, 2.05) is 11.8 Å². The Hall–Kier alpha value is -0.420. The molecule has 1 heterocycles. The van der Waals surface area contributed by atoms with Crippen molar-refractivity contribution in [3.63, 3.8) is 0 Å². The van der Waals surface area contributed by atoms with Crippen LogP contribution in [0.1, 0.15) is 27.2 Å². The monoisotopic (exact) mass is 258 g/mol. The summed E-state index contributed by atoms with van der Waals surface area (Å²) in [6.45, 7) is 7.04. The number of hydrogen-bond donors (Lipinski definition) is 2. The van der Waals surface area contributed by atoms with E-state index in [1.165, 1.54) is 12.2 Å². The Morgan fingerprint density at radius 1 is 1.47 bits per heavy atom. The summed E-state index contributed by atoms with van der Waals surface area (Å²) in [5, 5.41) is 3.20. The first kappa shape index (κ1) is 14.6. The minimum absolute atomic E-state index is 0.0245. The maximum absolute atomic E-state index is 5.91. The Bertz CT molecular complexity index is 275. The van der Waals surface area contributed by atoms with Gasteiger partial charge < -0.3 is 16.0 Å². The highest BCUT2D eigenvalue weighted by Gasteiger charge is 2.36. The third-order valence-corrected chi connectivity index (χ3v) is 4.31. The van der Waals surface area contributed by atoms with Gasteiger partial charge in [-0.25, -0.2) is 0 Å². The zero-order valence-electron chi connectivity index (χ0n) is 11.7. The molecule has 5 heteroatoms. The van der Waals surface area contributed by atoms with Gasteiger partial charge >= 0.3 is 0 Å². The lowest BCUT2D eigenvalue weighted by Gasteiger charge is -2.34. The molecule has 0 radical (unpaired) electrons. The fourth-order valence-electron chi connectivity index (χ4n) is 1.87. The van der Waals surface area contributed by atoms with Gasteiger partial charge in [-0.15, -0.1) is 0 Å². The molecule has 0 spiro atoms. The van der Waals surface area contributed by atoms with Crippen molar-refractivity contribution in [1.82, 2.24) is 10.2 Å². The third kappa shape index (κ3) is 4.39. The van der Waals surface area contributed by atoms with Gasteiger partial charge in [0.15, 0.2) is 5.96 Å². The molecule has 4 nitrogen and oxygen atoms in total. The number of hydrogen-bond acceptors (Lipinski definition) is 3. The second-order valence-electron chi connectivity index (χ2n) is 6.00. The molecule has 0 aromatic carbocycles. The van der Waals surface area contributed by atoms with Crippen LogP contribution in [0.4, 0.5) is 0 Å². The van der Waals surface area contributed by atoms with Gasteiger partial charge in [0.1, 0.15) is 0 Å². The Balaban J connectivity index is 2.60. The number of thioether (sulfide) groups is 1.